The molecule has 4 nitrogen and oxygen atoms in total. The predicted octanol–water partition coefficient (Wildman–Crippen LogP) is 10.8. The molecule has 9 aromatic rings. The number of thiophene rings is 1. The van der Waals surface area contributed by atoms with Gasteiger partial charge in [0.1, 0.15) is 11.2 Å². The van der Waals surface area contributed by atoms with Crippen LogP contribution in [0.2, 0.25) is 0 Å². The average molecular weight is 587 g/mol. The lowest BCUT2D eigenvalue weighted by molar-refractivity contribution is 0.669. The van der Waals surface area contributed by atoms with Gasteiger partial charge in [0.15, 0.2) is 17.5 Å². The van der Waals surface area contributed by atoms with Gasteiger partial charge >= 0.3 is 0 Å². The van der Waals surface area contributed by atoms with Gasteiger partial charge in [-0.25, -0.2) is 15.0 Å². The lowest BCUT2D eigenvalue weighted by Crippen LogP contribution is -2.00. The van der Waals surface area contributed by atoms with Gasteiger partial charge in [-0.2, -0.15) is 0 Å². The quantitative estimate of drug-likeness (QED) is 0.206. The number of fused-ring (bicyclic) bond motifs is 6. The Balaban J connectivity index is 1.20. The van der Waals surface area contributed by atoms with Crippen LogP contribution < -0.4 is 0 Å². The monoisotopic (exact) mass is 586 g/mol. The summed E-state index contributed by atoms with van der Waals surface area (Å²) in [5, 5.41) is 4.43. The minimum Gasteiger partial charge on any atom is -0.456 e. The van der Waals surface area contributed by atoms with E-state index < -0.39 is 18.1 Å². The molecule has 9 rings (SSSR count). The van der Waals surface area contributed by atoms with Crippen LogP contribution in [0.15, 0.2) is 144 Å². The normalized spacial score (nSPS) is 13.2. The zero-order valence-corrected chi connectivity index (χ0v) is 23.9. The van der Waals surface area contributed by atoms with Crippen LogP contribution >= 0.6 is 11.3 Å². The van der Waals surface area contributed by atoms with E-state index in [1.807, 2.05) is 54.6 Å². The van der Waals surface area contributed by atoms with E-state index in [-0.39, 0.29) is 29.3 Å². The lowest BCUT2D eigenvalue weighted by Gasteiger charge is -2.08. The van der Waals surface area contributed by atoms with Crippen molar-refractivity contribution in [1.82, 2.24) is 15.0 Å². The van der Waals surface area contributed by atoms with Gasteiger partial charge in [-0.05, 0) is 41.5 Å². The maximum atomic E-state index is 8.56. The van der Waals surface area contributed by atoms with Gasteiger partial charge < -0.3 is 4.42 Å². The molecule has 0 amide bonds. The molecule has 0 spiro atoms. The highest BCUT2D eigenvalue weighted by Gasteiger charge is 2.16. The SMILES string of the molecule is [2H]c1c([2H])c([2H])c(-c2nc(-c3ccccc3)nc(-c3ccc4c(c3)oc3ccc(-c5cccc6c5sc5ccccc56)cc34)n2)c([2H])c1[2H]. The molecule has 3 heterocycles. The fourth-order valence-corrected chi connectivity index (χ4v) is 6.99. The molecule has 44 heavy (non-hydrogen) atoms. The minimum absolute atomic E-state index is 0.00869. The van der Waals surface area contributed by atoms with Gasteiger partial charge in [0, 0.05) is 47.6 Å². The van der Waals surface area contributed by atoms with Gasteiger partial charge in [-0.15, -0.1) is 11.3 Å². The van der Waals surface area contributed by atoms with Crippen molar-refractivity contribution < 1.29 is 11.3 Å². The third-order valence-corrected chi connectivity index (χ3v) is 9.06. The fourth-order valence-electron chi connectivity index (χ4n) is 5.75. The molecule has 0 aliphatic carbocycles. The van der Waals surface area contributed by atoms with Crippen LogP contribution in [-0.2, 0) is 0 Å². The van der Waals surface area contributed by atoms with E-state index in [1.54, 1.807) is 11.3 Å². The highest BCUT2D eigenvalue weighted by atomic mass is 32.1. The molecule has 0 aliphatic rings. The van der Waals surface area contributed by atoms with Crippen LogP contribution in [0.3, 0.4) is 0 Å². The third-order valence-electron chi connectivity index (χ3n) is 7.84. The summed E-state index contributed by atoms with van der Waals surface area (Å²) in [6, 6.07) is 34.1. The summed E-state index contributed by atoms with van der Waals surface area (Å²) >= 11 is 1.80. The van der Waals surface area contributed by atoms with Crippen molar-refractivity contribution in [2.45, 2.75) is 0 Å². The summed E-state index contributed by atoms with van der Waals surface area (Å²) in [5.41, 5.74) is 4.92. The number of furan rings is 1. The Hall–Kier alpha value is -5.65. The Labute approximate surface area is 264 Å². The second-order valence-electron chi connectivity index (χ2n) is 10.5. The minimum atomic E-state index is -0.477. The molecule has 0 N–H and O–H groups in total. The Morgan fingerprint density at radius 3 is 2.09 bits per heavy atom. The second-order valence-corrected chi connectivity index (χ2v) is 11.5. The summed E-state index contributed by atoms with van der Waals surface area (Å²) in [6.45, 7) is 0. The molecule has 0 bridgehead atoms. The molecule has 0 unspecified atom stereocenters. The van der Waals surface area contributed by atoms with Crippen molar-refractivity contribution in [1.29, 1.82) is 0 Å². The Morgan fingerprint density at radius 2 is 1.23 bits per heavy atom. The van der Waals surface area contributed by atoms with Crippen molar-refractivity contribution in [3.8, 4) is 45.3 Å². The van der Waals surface area contributed by atoms with Gasteiger partial charge in [0.25, 0.3) is 0 Å². The molecule has 0 saturated heterocycles. The van der Waals surface area contributed by atoms with Crippen molar-refractivity contribution in [3.05, 3.63) is 139 Å². The number of nitrogens with zero attached hydrogens (tertiary/aromatic N) is 3. The van der Waals surface area contributed by atoms with Crippen LogP contribution in [0, 0.1) is 0 Å². The molecule has 6 aromatic carbocycles. The number of rotatable bonds is 4. The van der Waals surface area contributed by atoms with Crippen LogP contribution in [0.4, 0.5) is 0 Å². The Bertz CT molecular complexity index is 2770. The predicted molar refractivity (Wildman–Crippen MR) is 182 cm³/mol. The molecule has 0 fully saturated rings. The standard InChI is InChI=1S/C39H23N3OS/c1-3-10-24(11-4-1)37-40-38(25-12-5-2-6-13-25)42-39(41-37)27-18-20-29-32-22-26(19-21-33(32)43-34(29)23-27)28-15-9-16-31-30-14-7-8-17-35(30)44-36(28)31/h1-23H/i1D,3D,4D,10D,11D. The van der Waals surface area contributed by atoms with Crippen LogP contribution in [-0.4, -0.2) is 15.0 Å². The lowest BCUT2D eigenvalue weighted by atomic mass is 10.0. The summed E-state index contributed by atoms with van der Waals surface area (Å²) in [5.74, 6) is 0.595. The zero-order chi connectivity index (χ0) is 33.4. The zero-order valence-electron chi connectivity index (χ0n) is 28.1. The maximum Gasteiger partial charge on any atom is 0.164 e. The van der Waals surface area contributed by atoms with Crippen LogP contribution in [0.25, 0.3) is 87.4 Å². The Morgan fingerprint density at radius 1 is 0.500 bits per heavy atom. The van der Waals surface area contributed by atoms with Gasteiger partial charge in [-0.1, -0.05) is 109 Å². The largest absolute Gasteiger partial charge is 0.456 e. The summed E-state index contributed by atoms with van der Waals surface area (Å²) in [4.78, 5) is 14.0. The molecular weight excluding hydrogens is 559 g/mol. The number of hydrogen-bond acceptors (Lipinski definition) is 5. The van der Waals surface area contributed by atoms with Gasteiger partial charge in [0.05, 0.1) is 6.85 Å². The summed E-state index contributed by atoms with van der Waals surface area (Å²) < 4.78 is 50.4. The van der Waals surface area contributed by atoms with Gasteiger partial charge in [0.2, 0.25) is 0 Å². The van der Waals surface area contributed by atoms with Crippen LogP contribution in [0.5, 0.6) is 0 Å². The first-order valence-electron chi connectivity index (χ1n) is 16.6. The van der Waals surface area contributed by atoms with Crippen molar-refractivity contribution in [2.24, 2.45) is 0 Å². The van der Waals surface area contributed by atoms with Crippen molar-refractivity contribution >= 4 is 53.4 Å². The number of hydrogen-bond donors (Lipinski definition) is 0. The molecule has 0 saturated carbocycles. The Kier molecular flexibility index (Phi) is 4.60. The van der Waals surface area contributed by atoms with Gasteiger partial charge in [-0.3, -0.25) is 0 Å². The van der Waals surface area contributed by atoms with E-state index in [9.17, 15) is 0 Å². The van der Waals surface area contributed by atoms with Crippen LogP contribution in [0.1, 0.15) is 6.85 Å². The highest BCUT2D eigenvalue weighted by molar-refractivity contribution is 7.26. The molecule has 0 atom stereocenters. The van der Waals surface area contributed by atoms with Crippen molar-refractivity contribution in [2.75, 3.05) is 0 Å². The van der Waals surface area contributed by atoms with E-state index in [4.69, 9.17) is 16.3 Å². The number of benzene rings is 6. The van der Waals surface area contributed by atoms with E-state index >= 15 is 0 Å². The van der Waals surface area contributed by atoms with E-state index in [0.717, 1.165) is 21.9 Å². The molecular formula is C39H23N3OS. The first-order chi connectivity index (χ1) is 23.9. The first-order valence-corrected chi connectivity index (χ1v) is 14.9. The molecule has 3 aromatic heterocycles. The van der Waals surface area contributed by atoms with Crippen molar-refractivity contribution in [3.63, 3.8) is 0 Å². The highest BCUT2D eigenvalue weighted by Crippen LogP contribution is 2.41. The second kappa shape index (κ2) is 9.97. The molecule has 206 valence electrons. The molecule has 0 radical (unpaired) electrons. The average Bonchev–Trinajstić information content (AvgIpc) is 3.71. The topological polar surface area (TPSA) is 51.8 Å². The summed E-state index contributed by atoms with van der Waals surface area (Å²) in [7, 11) is 0. The number of aromatic nitrogens is 3. The van der Waals surface area contributed by atoms with E-state index in [0.29, 0.717) is 22.5 Å². The molecule has 0 aliphatic heterocycles. The smallest absolute Gasteiger partial charge is 0.164 e. The third kappa shape index (κ3) is 4.09. The van der Waals surface area contributed by atoms with E-state index in [1.165, 1.54) is 25.7 Å². The summed E-state index contributed by atoms with van der Waals surface area (Å²) in [6.07, 6.45) is 0. The fraction of sp³-hybridized carbons (Fsp3) is 0. The first kappa shape index (κ1) is 20.3. The molecule has 5 heteroatoms. The van der Waals surface area contributed by atoms with E-state index in [2.05, 4.69) is 64.6 Å². The maximum absolute atomic E-state index is 8.56.